The van der Waals surface area contributed by atoms with E-state index in [1.807, 2.05) is 11.9 Å². The van der Waals surface area contributed by atoms with Crippen molar-refractivity contribution in [3.05, 3.63) is 0 Å². The van der Waals surface area contributed by atoms with Gasteiger partial charge < -0.3 is 4.90 Å². The Hall–Kier alpha value is -0.220. The topological polar surface area (TPSA) is 112 Å². The van der Waals surface area contributed by atoms with Gasteiger partial charge in [-0.15, -0.1) is 0 Å². The lowest BCUT2D eigenvalue weighted by Crippen LogP contribution is -2.37. The zero-order valence-corrected chi connectivity index (χ0v) is 9.25. The summed E-state index contributed by atoms with van der Waals surface area (Å²) in [6, 6.07) is 0. The molecule has 0 spiro atoms. The Balaban J connectivity index is 0.000000292. The minimum atomic E-state index is -4.67. The van der Waals surface area contributed by atoms with Gasteiger partial charge in [-0.2, -0.15) is 8.42 Å². The van der Waals surface area contributed by atoms with Crippen LogP contribution in [0.15, 0.2) is 0 Å². The van der Waals surface area contributed by atoms with Crippen LogP contribution < -0.4 is 0 Å². The quantitative estimate of drug-likeness (QED) is 0.511. The molecule has 1 saturated heterocycles. The minimum absolute atomic E-state index is 0.337. The van der Waals surface area contributed by atoms with Crippen molar-refractivity contribution < 1.29 is 25.9 Å². The Morgan fingerprint density at radius 2 is 1.43 bits per heavy atom. The molecule has 0 atom stereocenters. The molecule has 1 aliphatic rings. The summed E-state index contributed by atoms with van der Waals surface area (Å²) >= 11 is 0. The van der Waals surface area contributed by atoms with E-state index in [4.69, 9.17) is 17.5 Å². The SMILES string of the molecule is CN1CCS(=O)(=O)CC1.O=S(=O)(O)O. The maximum Gasteiger partial charge on any atom is 0.394 e. The molecule has 1 heterocycles. The predicted octanol–water partition coefficient (Wildman–Crippen LogP) is -1.31. The molecule has 0 bridgehead atoms. The molecule has 0 aliphatic carbocycles. The van der Waals surface area contributed by atoms with Gasteiger partial charge in [-0.3, -0.25) is 9.11 Å². The largest absolute Gasteiger partial charge is 0.394 e. The van der Waals surface area contributed by atoms with Gasteiger partial charge in [0.25, 0.3) is 0 Å². The Morgan fingerprint density at radius 1 is 1.14 bits per heavy atom. The fourth-order valence-corrected chi connectivity index (χ4v) is 2.19. The smallest absolute Gasteiger partial charge is 0.304 e. The van der Waals surface area contributed by atoms with Crippen molar-refractivity contribution in [2.24, 2.45) is 0 Å². The monoisotopic (exact) mass is 247 g/mol. The van der Waals surface area contributed by atoms with Gasteiger partial charge in [-0.25, -0.2) is 8.42 Å². The highest BCUT2D eigenvalue weighted by molar-refractivity contribution is 7.91. The van der Waals surface area contributed by atoms with Crippen LogP contribution in [0.1, 0.15) is 0 Å². The molecular formula is C5H13NO6S2. The summed E-state index contributed by atoms with van der Waals surface area (Å²) in [5.74, 6) is 0.674. The summed E-state index contributed by atoms with van der Waals surface area (Å²) in [4.78, 5) is 2.03. The molecule has 1 rings (SSSR count). The van der Waals surface area contributed by atoms with E-state index in [1.54, 1.807) is 0 Å². The van der Waals surface area contributed by atoms with E-state index in [9.17, 15) is 8.42 Å². The van der Waals surface area contributed by atoms with Crippen molar-refractivity contribution in [1.29, 1.82) is 0 Å². The molecule has 0 aromatic heterocycles. The Bertz CT molecular complexity index is 336. The molecule has 0 amide bonds. The second-order valence-electron chi connectivity index (χ2n) is 2.90. The highest BCUT2D eigenvalue weighted by atomic mass is 32.3. The zero-order chi connectivity index (χ0) is 11.4. The summed E-state index contributed by atoms with van der Waals surface area (Å²) < 4.78 is 53.1. The Labute approximate surface area is 83.2 Å². The fraction of sp³-hybridized carbons (Fsp3) is 1.00. The number of hydrogen-bond acceptors (Lipinski definition) is 5. The predicted molar refractivity (Wildman–Crippen MR) is 50.3 cm³/mol. The van der Waals surface area contributed by atoms with E-state index in [-0.39, 0.29) is 0 Å². The fourth-order valence-electron chi connectivity index (χ4n) is 0.804. The highest BCUT2D eigenvalue weighted by Gasteiger charge is 2.17. The summed E-state index contributed by atoms with van der Waals surface area (Å²) in [6.07, 6.45) is 0. The lowest BCUT2D eigenvalue weighted by molar-refractivity contribution is 0.360. The van der Waals surface area contributed by atoms with Crippen LogP contribution in [0.25, 0.3) is 0 Å². The van der Waals surface area contributed by atoms with Crippen LogP contribution in [-0.4, -0.2) is 62.5 Å². The molecule has 0 aromatic rings. The zero-order valence-electron chi connectivity index (χ0n) is 7.62. The molecule has 7 nitrogen and oxygen atoms in total. The average Bonchev–Trinajstić information content (AvgIpc) is 1.92. The third-order valence-electron chi connectivity index (χ3n) is 1.57. The number of rotatable bonds is 0. The maximum atomic E-state index is 10.8. The molecule has 14 heavy (non-hydrogen) atoms. The van der Waals surface area contributed by atoms with Crippen molar-refractivity contribution in [3.63, 3.8) is 0 Å². The molecular weight excluding hydrogens is 234 g/mol. The van der Waals surface area contributed by atoms with Gasteiger partial charge in [-0.1, -0.05) is 0 Å². The van der Waals surface area contributed by atoms with Crippen LogP contribution in [0.5, 0.6) is 0 Å². The van der Waals surface area contributed by atoms with Gasteiger partial charge in [0.05, 0.1) is 11.5 Å². The second kappa shape index (κ2) is 5.03. The van der Waals surface area contributed by atoms with E-state index >= 15 is 0 Å². The first kappa shape index (κ1) is 13.8. The van der Waals surface area contributed by atoms with Crippen molar-refractivity contribution in [1.82, 2.24) is 4.90 Å². The molecule has 9 heteroatoms. The molecule has 0 saturated carbocycles. The van der Waals surface area contributed by atoms with E-state index < -0.39 is 20.2 Å². The number of hydrogen-bond donors (Lipinski definition) is 2. The van der Waals surface area contributed by atoms with Gasteiger partial charge in [-0.05, 0) is 7.05 Å². The average molecular weight is 247 g/mol. The van der Waals surface area contributed by atoms with Crippen molar-refractivity contribution in [2.75, 3.05) is 31.6 Å². The molecule has 1 fully saturated rings. The van der Waals surface area contributed by atoms with Crippen LogP contribution in [0.4, 0.5) is 0 Å². The van der Waals surface area contributed by atoms with Crippen LogP contribution in [0.3, 0.4) is 0 Å². The lowest BCUT2D eigenvalue weighted by atomic mass is 10.6. The molecule has 0 radical (unpaired) electrons. The van der Waals surface area contributed by atoms with Crippen molar-refractivity contribution in [3.8, 4) is 0 Å². The van der Waals surface area contributed by atoms with Crippen LogP contribution in [0, 0.1) is 0 Å². The first-order valence-corrected chi connectivity index (χ1v) is 6.91. The van der Waals surface area contributed by atoms with Gasteiger partial charge in [0.1, 0.15) is 0 Å². The van der Waals surface area contributed by atoms with Crippen LogP contribution in [0.2, 0.25) is 0 Å². The standard InChI is InChI=1S/C5H11NO2S.H2O4S/c1-6-2-4-9(7,8)5-3-6;1-5(2,3)4/h2-5H2,1H3;(H2,1,2,3,4). The first-order valence-electron chi connectivity index (χ1n) is 3.69. The van der Waals surface area contributed by atoms with Gasteiger partial charge in [0, 0.05) is 13.1 Å². The van der Waals surface area contributed by atoms with Crippen LogP contribution >= 0.6 is 0 Å². The Morgan fingerprint density at radius 3 is 1.64 bits per heavy atom. The molecule has 86 valence electrons. The number of sulfone groups is 1. The van der Waals surface area contributed by atoms with Crippen molar-refractivity contribution in [2.45, 2.75) is 0 Å². The van der Waals surface area contributed by atoms with Crippen LogP contribution in [-0.2, 0) is 20.2 Å². The second-order valence-corrected chi connectivity index (χ2v) is 6.10. The first-order chi connectivity index (χ1) is 6.10. The third-order valence-corrected chi connectivity index (χ3v) is 3.18. The number of nitrogens with zero attached hydrogens (tertiary/aromatic N) is 1. The maximum absolute atomic E-state index is 10.8. The third kappa shape index (κ3) is 9.86. The molecule has 1 aliphatic heterocycles. The van der Waals surface area contributed by atoms with E-state index in [0.717, 1.165) is 0 Å². The summed E-state index contributed by atoms with van der Waals surface area (Å²) in [7, 11) is -5.38. The highest BCUT2D eigenvalue weighted by Crippen LogP contribution is 1.99. The summed E-state index contributed by atoms with van der Waals surface area (Å²) in [6.45, 7) is 1.39. The lowest BCUT2D eigenvalue weighted by Gasteiger charge is -2.21. The van der Waals surface area contributed by atoms with E-state index in [1.165, 1.54) is 0 Å². The van der Waals surface area contributed by atoms with Gasteiger partial charge >= 0.3 is 10.4 Å². The Kier molecular flexibility index (Phi) is 4.95. The summed E-state index contributed by atoms with van der Waals surface area (Å²) in [5, 5.41) is 0. The van der Waals surface area contributed by atoms with Gasteiger partial charge in [0.2, 0.25) is 0 Å². The normalized spacial score (nSPS) is 22.2. The molecule has 0 aromatic carbocycles. The molecule has 0 unspecified atom stereocenters. The van der Waals surface area contributed by atoms with Crippen molar-refractivity contribution >= 4 is 20.2 Å². The summed E-state index contributed by atoms with van der Waals surface area (Å²) in [5.41, 5.74) is 0. The van der Waals surface area contributed by atoms with Gasteiger partial charge in [0.15, 0.2) is 9.84 Å². The minimum Gasteiger partial charge on any atom is -0.304 e. The van der Waals surface area contributed by atoms with E-state index in [0.29, 0.717) is 24.6 Å². The molecule has 2 N–H and O–H groups in total. The van der Waals surface area contributed by atoms with E-state index in [2.05, 4.69) is 0 Å².